The molecule has 6 heteroatoms. The van der Waals surface area contributed by atoms with Crippen LogP contribution in [0.4, 0.5) is 8.78 Å². The number of rotatable bonds is 5. The smallest absolute Gasteiger partial charge is 0.224 e. The zero-order chi connectivity index (χ0) is 15.7. The van der Waals surface area contributed by atoms with Gasteiger partial charge in [0.15, 0.2) is 5.78 Å². The molecule has 22 heavy (non-hydrogen) atoms. The van der Waals surface area contributed by atoms with Gasteiger partial charge in [-0.25, -0.2) is 8.78 Å². The van der Waals surface area contributed by atoms with Crippen molar-refractivity contribution in [2.75, 3.05) is 6.54 Å². The fraction of sp³-hybridized carbons (Fsp3) is 0.250. The lowest BCUT2D eigenvalue weighted by molar-refractivity contribution is -0.122. The van der Waals surface area contributed by atoms with Gasteiger partial charge >= 0.3 is 0 Å². The molecule has 1 amide bonds. The van der Waals surface area contributed by atoms with Crippen molar-refractivity contribution < 1.29 is 18.4 Å². The monoisotopic (exact) mass is 321 g/mol. The number of hydrogen-bond donors (Lipinski definition) is 1. The van der Waals surface area contributed by atoms with Crippen molar-refractivity contribution in [3.05, 3.63) is 57.8 Å². The van der Waals surface area contributed by atoms with Crippen molar-refractivity contribution in [3.8, 4) is 0 Å². The average Bonchev–Trinajstić information content (AvgIpc) is 3.07. The third kappa shape index (κ3) is 2.92. The molecule has 0 radical (unpaired) electrons. The first-order valence-corrected chi connectivity index (χ1v) is 7.74. The molecule has 1 heterocycles. The highest BCUT2D eigenvalue weighted by molar-refractivity contribution is 7.12. The zero-order valence-corrected chi connectivity index (χ0v) is 12.3. The van der Waals surface area contributed by atoms with E-state index in [-0.39, 0.29) is 23.8 Å². The Kier molecular flexibility index (Phi) is 4.02. The molecule has 0 unspecified atom stereocenters. The molecule has 1 aliphatic rings. The fourth-order valence-corrected chi connectivity index (χ4v) is 3.16. The molecule has 1 fully saturated rings. The van der Waals surface area contributed by atoms with Crippen molar-refractivity contribution in [3.63, 3.8) is 0 Å². The standard InChI is InChI=1S/C16H13F2NO2S/c17-11-3-1-4-12(18)15(11)9-7-10(9)16(21)19-8-13(20)14-5-2-6-22-14/h1-6,9-10H,7-8H2,(H,19,21)/t9-,10-/m1/s1. The predicted octanol–water partition coefficient (Wildman–Crippen LogP) is 3.13. The molecule has 0 saturated heterocycles. The Balaban J connectivity index is 1.58. The van der Waals surface area contributed by atoms with E-state index in [0.717, 1.165) is 0 Å². The summed E-state index contributed by atoms with van der Waals surface area (Å²) in [6.45, 7) is -0.0949. The van der Waals surface area contributed by atoms with Gasteiger partial charge in [0.1, 0.15) is 11.6 Å². The van der Waals surface area contributed by atoms with E-state index in [9.17, 15) is 18.4 Å². The molecule has 1 aromatic carbocycles. The lowest BCUT2D eigenvalue weighted by Crippen LogP contribution is -2.30. The van der Waals surface area contributed by atoms with Crippen LogP contribution in [-0.4, -0.2) is 18.2 Å². The van der Waals surface area contributed by atoms with E-state index in [1.807, 2.05) is 0 Å². The second kappa shape index (κ2) is 5.96. The molecule has 2 aromatic rings. The van der Waals surface area contributed by atoms with Crippen LogP contribution in [0.15, 0.2) is 35.7 Å². The summed E-state index contributed by atoms with van der Waals surface area (Å²) in [5, 5.41) is 4.33. The minimum Gasteiger partial charge on any atom is -0.348 e. The Labute approximate surface area is 130 Å². The SMILES string of the molecule is O=C(CNC(=O)[C@@H]1C[C@H]1c1c(F)cccc1F)c1cccs1. The third-order valence-corrected chi connectivity index (χ3v) is 4.63. The Morgan fingerprint density at radius 2 is 1.91 bits per heavy atom. The maximum atomic E-state index is 13.7. The summed E-state index contributed by atoms with van der Waals surface area (Å²) in [7, 11) is 0. The topological polar surface area (TPSA) is 46.2 Å². The minimum absolute atomic E-state index is 0.0350. The van der Waals surface area contributed by atoms with Crippen LogP contribution in [0.3, 0.4) is 0 Å². The molecule has 1 saturated carbocycles. The van der Waals surface area contributed by atoms with Gasteiger partial charge in [-0.1, -0.05) is 12.1 Å². The van der Waals surface area contributed by atoms with Crippen LogP contribution in [0, 0.1) is 17.6 Å². The second-order valence-corrected chi connectivity index (χ2v) is 6.15. The minimum atomic E-state index is -0.630. The van der Waals surface area contributed by atoms with Crippen LogP contribution in [0.2, 0.25) is 0 Å². The molecule has 2 atom stereocenters. The number of carbonyl (C=O) groups is 2. The predicted molar refractivity (Wildman–Crippen MR) is 78.9 cm³/mol. The van der Waals surface area contributed by atoms with Crippen molar-refractivity contribution in [1.82, 2.24) is 5.32 Å². The van der Waals surface area contributed by atoms with E-state index in [1.165, 1.54) is 29.5 Å². The van der Waals surface area contributed by atoms with E-state index in [1.54, 1.807) is 17.5 Å². The van der Waals surface area contributed by atoms with Crippen LogP contribution in [0.1, 0.15) is 27.6 Å². The van der Waals surface area contributed by atoms with Gasteiger partial charge in [-0.3, -0.25) is 9.59 Å². The number of ketones is 1. The lowest BCUT2D eigenvalue weighted by Gasteiger charge is -2.05. The lowest BCUT2D eigenvalue weighted by atomic mass is 10.1. The largest absolute Gasteiger partial charge is 0.348 e. The van der Waals surface area contributed by atoms with Gasteiger partial charge in [-0.15, -0.1) is 11.3 Å². The van der Waals surface area contributed by atoms with E-state index in [4.69, 9.17) is 0 Å². The highest BCUT2D eigenvalue weighted by Gasteiger charge is 2.46. The van der Waals surface area contributed by atoms with Crippen LogP contribution in [0.25, 0.3) is 0 Å². The number of benzene rings is 1. The van der Waals surface area contributed by atoms with Gasteiger partial charge in [-0.2, -0.15) is 0 Å². The summed E-state index contributed by atoms with van der Waals surface area (Å²) in [6, 6.07) is 7.12. The van der Waals surface area contributed by atoms with Gasteiger partial charge in [0.05, 0.1) is 11.4 Å². The van der Waals surface area contributed by atoms with Crippen LogP contribution in [0.5, 0.6) is 0 Å². The molecule has 1 N–H and O–H groups in total. The summed E-state index contributed by atoms with van der Waals surface area (Å²) in [5.41, 5.74) is -0.0350. The molecule has 0 aliphatic heterocycles. The first kappa shape index (κ1) is 14.8. The zero-order valence-electron chi connectivity index (χ0n) is 11.5. The van der Waals surface area contributed by atoms with E-state index < -0.39 is 23.5 Å². The van der Waals surface area contributed by atoms with Crippen molar-refractivity contribution in [2.45, 2.75) is 12.3 Å². The first-order chi connectivity index (χ1) is 10.6. The number of thiophene rings is 1. The van der Waals surface area contributed by atoms with Crippen LogP contribution < -0.4 is 5.32 Å². The summed E-state index contributed by atoms with van der Waals surface area (Å²) >= 11 is 1.31. The molecule has 114 valence electrons. The first-order valence-electron chi connectivity index (χ1n) is 6.86. The van der Waals surface area contributed by atoms with E-state index >= 15 is 0 Å². The van der Waals surface area contributed by atoms with Gasteiger partial charge in [0.2, 0.25) is 5.91 Å². The summed E-state index contributed by atoms with van der Waals surface area (Å²) < 4.78 is 27.3. The average molecular weight is 321 g/mol. The van der Waals surface area contributed by atoms with Gasteiger partial charge < -0.3 is 5.32 Å². The maximum Gasteiger partial charge on any atom is 0.224 e. The number of hydrogen-bond acceptors (Lipinski definition) is 3. The molecular weight excluding hydrogens is 308 g/mol. The van der Waals surface area contributed by atoms with Gasteiger partial charge in [-0.05, 0) is 30.0 Å². The Morgan fingerprint density at radius 1 is 1.18 bits per heavy atom. The molecule has 3 rings (SSSR count). The maximum absolute atomic E-state index is 13.7. The molecule has 3 nitrogen and oxygen atoms in total. The molecule has 1 aliphatic carbocycles. The third-order valence-electron chi connectivity index (χ3n) is 3.72. The number of amides is 1. The number of Topliss-reactive ketones (excluding diaryl/α,β-unsaturated/α-hetero) is 1. The van der Waals surface area contributed by atoms with Crippen LogP contribution in [-0.2, 0) is 4.79 Å². The molecule has 0 bridgehead atoms. The highest BCUT2D eigenvalue weighted by atomic mass is 32.1. The Bertz CT molecular complexity index is 695. The van der Waals surface area contributed by atoms with Crippen molar-refractivity contribution in [2.24, 2.45) is 5.92 Å². The molecule has 0 spiro atoms. The normalized spacial score (nSPS) is 19.7. The highest BCUT2D eigenvalue weighted by Crippen LogP contribution is 2.49. The number of halogens is 2. The Hall–Kier alpha value is -2.08. The van der Waals surface area contributed by atoms with E-state index in [0.29, 0.717) is 11.3 Å². The number of nitrogens with one attached hydrogen (secondary N) is 1. The molecular formula is C16H13F2NO2S. The van der Waals surface area contributed by atoms with Gasteiger partial charge in [0, 0.05) is 17.4 Å². The Morgan fingerprint density at radius 3 is 2.55 bits per heavy atom. The van der Waals surface area contributed by atoms with Crippen molar-refractivity contribution in [1.29, 1.82) is 0 Å². The summed E-state index contributed by atoms with van der Waals surface area (Å²) in [6.07, 6.45) is 0.400. The second-order valence-electron chi connectivity index (χ2n) is 5.20. The summed E-state index contributed by atoms with van der Waals surface area (Å²) in [4.78, 5) is 24.3. The van der Waals surface area contributed by atoms with Crippen molar-refractivity contribution >= 4 is 23.0 Å². The summed E-state index contributed by atoms with van der Waals surface area (Å²) in [5.74, 6) is -2.68. The quantitative estimate of drug-likeness (QED) is 0.860. The fourth-order valence-electron chi connectivity index (χ4n) is 2.49. The molecule has 1 aromatic heterocycles. The van der Waals surface area contributed by atoms with E-state index in [2.05, 4.69) is 5.32 Å². The van der Waals surface area contributed by atoms with Gasteiger partial charge in [0.25, 0.3) is 0 Å². The van der Waals surface area contributed by atoms with Crippen LogP contribution >= 0.6 is 11.3 Å². The number of carbonyl (C=O) groups excluding carboxylic acids is 2.